The lowest BCUT2D eigenvalue weighted by Gasteiger charge is -2.38. The summed E-state index contributed by atoms with van der Waals surface area (Å²) < 4.78 is 51.3. The summed E-state index contributed by atoms with van der Waals surface area (Å²) in [6.45, 7) is 0. The van der Waals surface area contributed by atoms with E-state index in [1.807, 2.05) is 0 Å². The summed E-state index contributed by atoms with van der Waals surface area (Å²) in [5.74, 6) is -2.86. The molecule has 0 radical (unpaired) electrons. The fourth-order valence-electron chi connectivity index (χ4n) is 1.82. The molecule has 1 aliphatic carbocycles. The molecular formula is C11H6Cl2F4O2. The molecular weight excluding hydrogens is 311 g/mol. The fraction of sp³-hybridized carbons (Fsp3) is 0.364. The number of hydrogen-bond acceptors (Lipinski definition) is 2. The van der Waals surface area contributed by atoms with Crippen LogP contribution in [0.1, 0.15) is 17.9 Å². The quantitative estimate of drug-likeness (QED) is 0.610. The van der Waals surface area contributed by atoms with Gasteiger partial charge in [0.15, 0.2) is 10.1 Å². The maximum atomic E-state index is 13.3. The molecule has 1 aromatic carbocycles. The first-order valence-corrected chi connectivity index (χ1v) is 5.82. The smallest absolute Gasteiger partial charge is 0.406 e. The molecule has 8 heteroatoms. The Labute approximate surface area is 115 Å². The minimum absolute atomic E-state index is 0.0537. The van der Waals surface area contributed by atoms with E-state index in [1.165, 1.54) is 0 Å². The first-order chi connectivity index (χ1) is 8.59. The lowest BCUT2D eigenvalue weighted by molar-refractivity contribution is -0.274. The van der Waals surface area contributed by atoms with Crippen LogP contribution in [0.5, 0.6) is 5.75 Å². The normalized spacial score (nSPS) is 22.0. The van der Waals surface area contributed by atoms with Gasteiger partial charge < -0.3 is 4.74 Å². The molecule has 1 atom stereocenters. The average Bonchev–Trinajstić information content (AvgIpc) is 2.22. The summed E-state index contributed by atoms with van der Waals surface area (Å²) in [5, 5.41) is 0. The zero-order chi connectivity index (χ0) is 14.4. The van der Waals surface area contributed by atoms with Gasteiger partial charge in [-0.1, -0.05) is 23.2 Å². The number of ketones is 1. The molecule has 0 heterocycles. The largest absolute Gasteiger partial charge is 0.573 e. The van der Waals surface area contributed by atoms with E-state index in [0.717, 1.165) is 12.1 Å². The lowest BCUT2D eigenvalue weighted by Crippen LogP contribution is -2.45. The minimum atomic E-state index is -4.93. The van der Waals surface area contributed by atoms with Crippen LogP contribution in [0, 0.1) is 5.82 Å². The van der Waals surface area contributed by atoms with Gasteiger partial charge in [-0.3, -0.25) is 4.79 Å². The SMILES string of the molecule is O=C1CC(c2cc(F)cc(OC(F)(F)F)c2)C1(Cl)Cl. The van der Waals surface area contributed by atoms with Gasteiger partial charge in [0.05, 0.1) is 0 Å². The summed E-state index contributed by atoms with van der Waals surface area (Å²) in [6.07, 6.45) is -4.98. The van der Waals surface area contributed by atoms with Crippen LogP contribution < -0.4 is 4.74 Å². The minimum Gasteiger partial charge on any atom is -0.406 e. The standard InChI is InChI=1S/C11H6Cl2F4O2/c12-10(13)8(4-9(10)18)5-1-6(14)3-7(2-5)19-11(15,16)17/h1-3,8H,4H2. The molecule has 0 N–H and O–H groups in total. The first-order valence-electron chi connectivity index (χ1n) is 5.07. The maximum Gasteiger partial charge on any atom is 0.573 e. The van der Waals surface area contributed by atoms with Crippen molar-refractivity contribution in [3.05, 3.63) is 29.6 Å². The lowest BCUT2D eigenvalue weighted by atomic mass is 9.77. The highest BCUT2D eigenvalue weighted by atomic mass is 35.5. The molecule has 1 aliphatic rings. The highest BCUT2D eigenvalue weighted by Gasteiger charge is 2.53. The molecule has 2 rings (SSSR count). The van der Waals surface area contributed by atoms with Crippen molar-refractivity contribution in [3.63, 3.8) is 0 Å². The van der Waals surface area contributed by atoms with Crippen LogP contribution in [0.2, 0.25) is 0 Å². The Morgan fingerprint density at radius 3 is 2.37 bits per heavy atom. The van der Waals surface area contributed by atoms with Crippen molar-refractivity contribution in [1.82, 2.24) is 0 Å². The third-order valence-corrected chi connectivity index (χ3v) is 3.68. The Bertz CT molecular complexity index is 528. The van der Waals surface area contributed by atoms with Crippen LogP contribution in [0.3, 0.4) is 0 Å². The van der Waals surface area contributed by atoms with Crippen molar-refractivity contribution in [2.75, 3.05) is 0 Å². The average molecular weight is 317 g/mol. The molecule has 1 unspecified atom stereocenters. The van der Waals surface area contributed by atoms with Gasteiger partial charge in [0.25, 0.3) is 0 Å². The van der Waals surface area contributed by atoms with E-state index in [0.29, 0.717) is 6.07 Å². The number of benzene rings is 1. The highest BCUT2D eigenvalue weighted by Crippen LogP contribution is 2.51. The molecule has 1 aromatic rings. The Hall–Kier alpha value is -1.01. The fourth-order valence-corrected chi connectivity index (χ4v) is 2.38. The number of carbonyl (C=O) groups is 1. The summed E-state index contributed by atoms with van der Waals surface area (Å²) in [5.41, 5.74) is 0.0869. The van der Waals surface area contributed by atoms with Gasteiger partial charge in [0, 0.05) is 18.4 Å². The van der Waals surface area contributed by atoms with Crippen LogP contribution in [-0.4, -0.2) is 16.5 Å². The number of ether oxygens (including phenoxy) is 1. The molecule has 19 heavy (non-hydrogen) atoms. The molecule has 0 spiro atoms. The third kappa shape index (κ3) is 2.95. The molecule has 1 saturated carbocycles. The van der Waals surface area contributed by atoms with E-state index in [9.17, 15) is 22.4 Å². The van der Waals surface area contributed by atoms with E-state index in [4.69, 9.17) is 23.2 Å². The van der Waals surface area contributed by atoms with Gasteiger partial charge >= 0.3 is 6.36 Å². The predicted molar refractivity (Wildman–Crippen MR) is 59.9 cm³/mol. The van der Waals surface area contributed by atoms with Crippen LogP contribution in [-0.2, 0) is 4.79 Å². The number of carbonyl (C=O) groups excluding carboxylic acids is 1. The molecule has 0 saturated heterocycles. The maximum absolute atomic E-state index is 13.3. The second-order valence-corrected chi connectivity index (χ2v) is 5.46. The van der Waals surface area contributed by atoms with Crippen LogP contribution >= 0.6 is 23.2 Å². The second kappa shape index (κ2) is 4.52. The Morgan fingerprint density at radius 1 is 1.26 bits per heavy atom. The van der Waals surface area contributed by atoms with Gasteiger partial charge in [-0.15, -0.1) is 13.2 Å². The Balaban J connectivity index is 2.30. The third-order valence-electron chi connectivity index (χ3n) is 2.73. The van der Waals surface area contributed by atoms with Crippen molar-refractivity contribution >= 4 is 29.0 Å². The number of Topliss-reactive ketones (excluding diaryl/α,β-unsaturated/α-hetero) is 1. The molecule has 0 aliphatic heterocycles. The van der Waals surface area contributed by atoms with E-state index in [2.05, 4.69) is 4.74 Å². The number of rotatable bonds is 2. The summed E-state index contributed by atoms with van der Waals surface area (Å²) in [6, 6.07) is 2.52. The second-order valence-electron chi connectivity index (χ2n) is 4.07. The van der Waals surface area contributed by atoms with E-state index in [-0.39, 0.29) is 12.0 Å². The predicted octanol–water partition coefficient (Wildman–Crippen LogP) is 3.95. The molecule has 0 aromatic heterocycles. The highest BCUT2D eigenvalue weighted by molar-refractivity contribution is 6.61. The van der Waals surface area contributed by atoms with Gasteiger partial charge in [-0.25, -0.2) is 4.39 Å². The molecule has 0 bridgehead atoms. The van der Waals surface area contributed by atoms with Gasteiger partial charge in [-0.2, -0.15) is 0 Å². The summed E-state index contributed by atoms with van der Waals surface area (Å²) in [7, 11) is 0. The van der Waals surface area contributed by atoms with Crippen molar-refractivity contribution < 1.29 is 27.1 Å². The van der Waals surface area contributed by atoms with Gasteiger partial charge in [0.1, 0.15) is 11.6 Å². The molecule has 104 valence electrons. The van der Waals surface area contributed by atoms with Crippen molar-refractivity contribution in [2.24, 2.45) is 0 Å². The molecule has 0 amide bonds. The van der Waals surface area contributed by atoms with Gasteiger partial charge in [-0.05, 0) is 17.7 Å². The summed E-state index contributed by atoms with van der Waals surface area (Å²) >= 11 is 11.4. The Morgan fingerprint density at radius 2 is 1.89 bits per heavy atom. The zero-order valence-electron chi connectivity index (χ0n) is 9.10. The number of halogens is 6. The number of alkyl halides is 5. The molecule has 1 fully saturated rings. The van der Waals surface area contributed by atoms with Crippen molar-refractivity contribution in [2.45, 2.75) is 23.0 Å². The van der Waals surface area contributed by atoms with E-state index in [1.54, 1.807) is 0 Å². The zero-order valence-corrected chi connectivity index (χ0v) is 10.6. The van der Waals surface area contributed by atoms with Crippen LogP contribution in [0.15, 0.2) is 18.2 Å². The monoisotopic (exact) mass is 316 g/mol. The Kier molecular flexibility index (Phi) is 3.43. The topological polar surface area (TPSA) is 26.3 Å². The van der Waals surface area contributed by atoms with Crippen LogP contribution in [0.4, 0.5) is 17.6 Å². The van der Waals surface area contributed by atoms with Crippen molar-refractivity contribution in [1.29, 1.82) is 0 Å². The first kappa shape index (κ1) is 14.4. The summed E-state index contributed by atoms with van der Waals surface area (Å²) in [4.78, 5) is 11.2. The van der Waals surface area contributed by atoms with Crippen molar-refractivity contribution in [3.8, 4) is 5.75 Å². The van der Waals surface area contributed by atoms with E-state index >= 15 is 0 Å². The van der Waals surface area contributed by atoms with Crippen LogP contribution in [0.25, 0.3) is 0 Å². The molecule has 2 nitrogen and oxygen atoms in total. The number of hydrogen-bond donors (Lipinski definition) is 0. The van der Waals surface area contributed by atoms with E-state index < -0.39 is 34.0 Å². The van der Waals surface area contributed by atoms with Gasteiger partial charge in [0.2, 0.25) is 0 Å².